The number of esters is 2. The predicted octanol–water partition coefficient (Wildman–Crippen LogP) is 5.27. The molecule has 0 saturated carbocycles. The SMILES string of the molecule is CCCCCC(C)CC(=O)OC(=O)CCC(C)CCCC. The molecule has 124 valence electrons. The third kappa shape index (κ3) is 12.6. The minimum absolute atomic E-state index is 0.306. The Bertz CT molecular complexity index is 286. The fourth-order valence-corrected chi connectivity index (χ4v) is 2.41. The van der Waals surface area contributed by atoms with E-state index in [1.54, 1.807) is 0 Å². The summed E-state index contributed by atoms with van der Waals surface area (Å²) in [6, 6.07) is 0. The Kier molecular flexibility index (Phi) is 12.3. The van der Waals surface area contributed by atoms with Crippen molar-refractivity contribution in [2.75, 3.05) is 0 Å². The quantitative estimate of drug-likeness (QED) is 0.280. The van der Waals surface area contributed by atoms with Gasteiger partial charge in [0.25, 0.3) is 0 Å². The van der Waals surface area contributed by atoms with Gasteiger partial charge >= 0.3 is 11.9 Å². The molecule has 0 heterocycles. The van der Waals surface area contributed by atoms with Crippen molar-refractivity contribution < 1.29 is 14.3 Å². The minimum atomic E-state index is -0.357. The molecule has 2 atom stereocenters. The number of hydrogen-bond acceptors (Lipinski definition) is 3. The molecule has 3 nitrogen and oxygen atoms in total. The third-order valence-corrected chi connectivity index (χ3v) is 3.94. The largest absolute Gasteiger partial charge is 0.393 e. The van der Waals surface area contributed by atoms with Crippen LogP contribution in [0.1, 0.15) is 91.9 Å². The monoisotopic (exact) mass is 298 g/mol. The highest BCUT2D eigenvalue weighted by Gasteiger charge is 2.15. The molecule has 0 aliphatic carbocycles. The van der Waals surface area contributed by atoms with Crippen LogP contribution in [-0.2, 0) is 14.3 Å². The van der Waals surface area contributed by atoms with Crippen molar-refractivity contribution in [3.8, 4) is 0 Å². The maximum atomic E-state index is 11.7. The average molecular weight is 298 g/mol. The molecule has 0 saturated heterocycles. The van der Waals surface area contributed by atoms with Crippen LogP contribution >= 0.6 is 0 Å². The van der Waals surface area contributed by atoms with Gasteiger partial charge in [-0.3, -0.25) is 9.59 Å². The number of rotatable bonds is 12. The number of unbranched alkanes of at least 4 members (excludes halogenated alkanes) is 3. The van der Waals surface area contributed by atoms with Gasteiger partial charge in [0.15, 0.2) is 0 Å². The molecule has 0 aliphatic rings. The van der Waals surface area contributed by atoms with Gasteiger partial charge in [-0.25, -0.2) is 0 Å². The summed E-state index contributed by atoms with van der Waals surface area (Å²) in [6.07, 6.45) is 9.64. The summed E-state index contributed by atoms with van der Waals surface area (Å²) >= 11 is 0. The molecule has 0 spiro atoms. The van der Waals surface area contributed by atoms with Crippen LogP contribution in [0.15, 0.2) is 0 Å². The molecule has 0 aromatic heterocycles. The lowest BCUT2D eigenvalue weighted by molar-refractivity contribution is -0.160. The van der Waals surface area contributed by atoms with E-state index >= 15 is 0 Å². The van der Waals surface area contributed by atoms with Crippen LogP contribution in [0.4, 0.5) is 0 Å². The van der Waals surface area contributed by atoms with E-state index in [0.717, 1.165) is 25.7 Å². The van der Waals surface area contributed by atoms with E-state index < -0.39 is 0 Å². The molecule has 0 amide bonds. The molecular formula is C18H34O3. The number of carbonyl (C=O) groups excluding carboxylic acids is 2. The van der Waals surface area contributed by atoms with E-state index in [-0.39, 0.29) is 11.9 Å². The third-order valence-electron chi connectivity index (χ3n) is 3.94. The van der Waals surface area contributed by atoms with Crippen LogP contribution in [-0.4, -0.2) is 11.9 Å². The smallest absolute Gasteiger partial charge is 0.313 e. The Labute approximate surface area is 130 Å². The van der Waals surface area contributed by atoms with Gasteiger partial charge in [0, 0.05) is 12.8 Å². The van der Waals surface area contributed by atoms with E-state index in [2.05, 4.69) is 20.8 Å². The van der Waals surface area contributed by atoms with E-state index in [4.69, 9.17) is 4.74 Å². The fraction of sp³-hybridized carbons (Fsp3) is 0.889. The summed E-state index contributed by atoms with van der Waals surface area (Å²) in [5.41, 5.74) is 0. The summed E-state index contributed by atoms with van der Waals surface area (Å²) in [7, 11) is 0. The fourth-order valence-electron chi connectivity index (χ4n) is 2.41. The first-order chi connectivity index (χ1) is 9.99. The van der Waals surface area contributed by atoms with Crippen molar-refractivity contribution in [3.63, 3.8) is 0 Å². The number of ether oxygens (including phenoxy) is 1. The van der Waals surface area contributed by atoms with Crippen molar-refractivity contribution in [2.24, 2.45) is 11.8 Å². The topological polar surface area (TPSA) is 43.4 Å². The lowest BCUT2D eigenvalue weighted by Crippen LogP contribution is -2.15. The Morgan fingerprint density at radius 1 is 0.810 bits per heavy atom. The Morgan fingerprint density at radius 3 is 2.05 bits per heavy atom. The van der Waals surface area contributed by atoms with Crippen LogP contribution in [0.5, 0.6) is 0 Å². The van der Waals surface area contributed by atoms with Crippen molar-refractivity contribution in [2.45, 2.75) is 91.9 Å². The molecule has 0 rings (SSSR count). The summed E-state index contributed by atoms with van der Waals surface area (Å²) in [6.45, 7) is 8.54. The number of hydrogen-bond donors (Lipinski definition) is 0. The van der Waals surface area contributed by atoms with Gasteiger partial charge in [-0.1, -0.05) is 72.6 Å². The minimum Gasteiger partial charge on any atom is -0.393 e. The van der Waals surface area contributed by atoms with Crippen LogP contribution in [0.3, 0.4) is 0 Å². The zero-order valence-corrected chi connectivity index (χ0v) is 14.5. The highest BCUT2D eigenvalue weighted by molar-refractivity contribution is 5.85. The van der Waals surface area contributed by atoms with Gasteiger partial charge in [-0.2, -0.15) is 0 Å². The summed E-state index contributed by atoms with van der Waals surface area (Å²) in [5.74, 6) is 0.121. The second-order valence-electron chi connectivity index (χ2n) is 6.44. The van der Waals surface area contributed by atoms with Gasteiger partial charge in [-0.15, -0.1) is 0 Å². The van der Waals surface area contributed by atoms with Crippen molar-refractivity contribution in [3.05, 3.63) is 0 Å². The molecule has 0 bridgehead atoms. The number of carbonyl (C=O) groups is 2. The second kappa shape index (κ2) is 12.8. The van der Waals surface area contributed by atoms with Crippen molar-refractivity contribution in [1.82, 2.24) is 0 Å². The second-order valence-corrected chi connectivity index (χ2v) is 6.44. The molecule has 0 N–H and O–H groups in total. The van der Waals surface area contributed by atoms with E-state index in [0.29, 0.717) is 24.7 Å². The summed E-state index contributed by atoms with van der Waals surface area (Å²) in [4.78, 5) is 23.3. The van der Waals surface area contributed by atoms with E-state index in [1.165, 1.54) is 25.7 Å². The maximum absolute atomic E-state index is 11.7. The highest BCUT2D eigenvalue weighted by Crippen LogP contribution is 2.16. The van der Waals surface area contributed by atoms with E-state index in [1.807, 2.05) is 6.92 Å². The Morgan fingerprint density at radius 2 is 1.43 bits per heavy atom. The van der Waals surface area contributed by atoms with Crippen LogP contribution in [0.25, 0.3) is 0 Å². The first-order valence-electron chi connectivity index (χ1n) is 8.73. The molecule has 3 heteroatoms. The molecule has 0 aromatic carbocycles. The Balaban J connectivity index is 3.75. The lowest BCUT2D eigenvalue weighted by Gasteiger charge is -2.11. The van der Waals surface area contributed by atoms with Gasteiger partial charge < -0.3 is 4.74 Å². The van der Waals surface area contributed by atoms with Crippen LogP contribution in [0, 0.1) is 11.8 Å². The van der Waals surface area contributed by atoms with Gasteiger partial charge in [0.1, 0.15) is 0 Å². The zero-order valence-electron chi connectivity index (χ0n) is 14.5. The molecule has 2 unspecified atom stereocenters. The maximum Gasteiger partial charge on any atom is 0.313 e. The van der Waals surface area contributed by atoms with Crippen LogP contribution < -0.4 is 0 Å². The molecule has 0 aromatic rings. The molecule has 0 fully saturated rings. The van der Waals surface area contributed by atoms with E-state index in [9.17, 15) is 9.59 Å². The van der Waals surface area contributed by atoms with Crippen molar-refractivity contribution >= 4 is 11.9 Å². The zero-order chi connectivity index (χ0) is 16.1. The highest BCUT2D eigenvalue weighted by atomic mass is 16.6. The molecule has 0 radical (unpaired) electrons. The standard InChI is InChI=1S/C18H34O3/c1-5-7-9-11-16(4)14-18(20)21-17(19)13-12-15(3)10-8-6-2/h15-16H,5-14H2,1-4H3. The summed E-state index contributed by atoms with van der Waals surface area (Å²) < 4.78 is 4.90. The molecule has 0 aliphatic heterocycles. The molecule has 21 heavy (non-hydrogen) atoms. The van der Waals surface area contributed by atoms with Crippen LogP contribution in [0.2, 0.25) is 0 Å². The first kappa shape index (κ1) is 20.1. The summed E-state index contributed by atoms with van der Waals surface area (Å²) in [5, 5.41) is 0. The predicted molar refractivity (Wildman–Crippen MR) is 86.9 cm³/mol. The normalized spacial score (nSPS) is 13.7. The molecular weight excluding hydrogens is 264 g/mol. The van der Waals surface area contributed by atoms with Gasteiger partial charge in [-0.05, 0) is 18.3 Å². The Hall–Kier alpha value is -0.860. The lowest BCUT2D eigenvalue weighted by atomic mass is 9.99. The average Bonchev–Trinajstić information content (AvgIpc) is 2.42. The van der Waals surface area contributed by atoms with Gasteiger partial charge in [0.2, 0.25) is 0 Å². The van der Waals surface area contributed by atoms with Gasteiger partial charge in [0.05, 0.1) is 0 Å². The van der Waals surface area contributed by atoms with Crippen molar-refractivity contribution in [1.29, 1.82) is 0 Å². The first-order valence-corrected chi connectivity index (χ1v) is 8.73.